The van der Waals surface area contributed by atoms with Crippen molar-refractivity contribution in [3.05, 3.63) is 65.7 Å². The van der Waals surface area contributed by atoms with Gasteiger partial charge in [0.1, 0.15) is 17.4 Å². The van der Waals surface area contributed by atoms with Crippen LogP contribution < -0.4 is 10.5 Å². The van der Waals surface area contributed by atoms with Gasteiger partial charge in [-0.25, -0.2) is 8.78 Å². The topological polar surface area (TPSA) is 72.6 Å². The molecule has 0 radical (unpaired) electrons. The summed E-state index contributed by atoms with van der Waals surface area (Å²) in [6, 6.07) is 11.5. The van der Waals surface area contributed by atoms with Crippen molar-refractivity contribution in [2.24, 2.45) is 11.1 Å². The van der Waals surface area contributed by atoms with Crippen LogP contribution in [0.2, 0.25) is 0 Å². The minimum absolute atomic E-state index is 0.0347. The van der Waals surface area contributed by atoms with Crippen LogP contribution in [0.1, 0.15) is 29.6 Å². The summed E-state index contributed by atoms with van der Waals surface area (Å²) < 4.78 is 32.7. The maximum Gasteiger partial charge on any atom is 0.256 e. The Kier molecular flexibility index (Phi) is 5.92. The van der Waals surface area contributed by atoms with E-state index in [1.165, 1.54) is 42.5 Å². The fourth-order valence-electron chi connectivity index (χ4n) is 3.50. The highest BCUT2D eigenvalue weighted by molar-refractivity contribution is 5.94. The highest BCUT2D eigenvalue weighted by Crippen LogP contribution is 2.36. The Labute approximate surface area is 162 Å². The second kappa shape index (κ2) is 8.37. The summed E-state index contributed by atoms with van der Waals surface area (Å²) in [5, 5.41) is 0. The van der Waals surface area contributed by atoms with Crippen LogP contribution in [-0.2, 0) is 4.79 Å². The molecule has 0 saturated carbocycles. The van der Waals surface area contributed by atoms with Gasteiger partial charge in [-0.05, 0) is 49.2 Å². The molecule has 0 spiro atoms. The highest BCUT2D eigenvalue weighted by Gasteiger charge is 2.38. The number of amides is 2. The molecule has 1 aliphatic heterocycles. The molecule has 0 aliphatic carbocycles. The number of hydrogen-bond acceptors (Lipinski definition) is 3. The number of primary amides is 1. The maximum atomic E-state index is 13.9. The molecular formula is C21H22F2N2O3. The minimum Gasteiger partial charge on any atom is -0.493 e. The summed E-state index contributed by atoms with van der Waals surface area (Å²) in [5.41, 5.74) is 4.94. The summed E-state index contributed by atoms with van der Waals surface area (Å²) in [6.45, 7) is 0.962. The highest BCUT2D eigenvalue weighted by atomic mass is 19.1. The molecule has 1 fully saturated rings. The average Bonchev–Trinajstić information content (AvgIpc) is 2.68. The lowest BCUT2D eigenvalue weighted by molar-refractivity contribution is -0.121. The van der Waals surface area contributed by atoms with Crippen LogP contribution in [-0.4, -0.2) is 36.4 Å². The molecule has 2 amide bonds. The van der Waals surface area contributed by atoms with Crippen molar-refractivity contribution in [2.75, 3.05) is 19.7 Å². The Bertz CT molecular complexity index is 847. The zero-order chi connectivity index (χ0) is 20.1. The van der Waals surface area contributed by atoms with Gasteiger partial charge in [-0.3, -0.25) is 9.59 Å². The molecule has 2 N–H and O–H groups in total. The first-order valence-electron chi connectivity index (χ1n) is 9.09. The summed E-state index contributed by atoms with van der Waals surface area (Å²) in [5.74, 6) is -1.24. The SMILES string of the molecule is NC(=O)CC1(COc2ccc(F)cc2)CCN(C(=O)c2ccccc2F)CC1. The Morgan fingerprint density at radius 3 is 2.29 bits per heavy atom. The maximum absolute atomic E-state index is 13.9. The number of carbonyl (C=O) groups excluding carboxylic acids is 2. The Balaban J connectivity index is 1.67. The van der Waals surface area contributed by atoms with Crippen LogP contribution in [0.3, 0.4) is 0 Å². The molecule has 28 heavy (non-hydrogen) atoms. The Hall–Kier alpha value is -2.96. The Morgan fingerprint density at radius 2 is 1.68 bits per heavy atom. The van der Waals surface area contributed by atoms with E-state index < -0.39 is 17.1 Å². The molecule has 5 nitrogen and oxygen atoms in total. The van der Waals surface area contributed by atoms with Crippen molar-refractivity contribution in [2.45, 2.75) is 19.3 Å². The lowest BCUT2D eigenvalue weighted by Crippen LogP contribution is -2.47. The molecule has 148 valence electrons. The quantitative estimate of drug-likeness (QED) is 0.826. The van der Waals surface area contributed by atoms with Crippen LogP contribution in [0.15, 0.2) is 48.5 Å². The van der Waals surface area contributed by atoms with Gasteiger partial charge >= 0.3 is 0 Å². The molecule has 7 heteroatoms. The smallest absolute Gasteiger partial charge is 0.256 e. The van der Waals surface area contributed by atoms with E-state index in [4.69, 9.17) is 10.5 Å². The van der Waals surface area contributed by atoms with Gasteiger partial charge in [-0.2, -0.15) is 0 Å². The number of nitrogens with zero attached hydrogens (tertiary/aromatic N) is 1. The van der Waals surface area contributed by atoms with Crippen molar-refractivity contribution in [1.29, 1.82) is 0 Å². The van der Waals surface area contributed by atoms with Crippen molar-refractivity contribution in [3.8, 4) is 5.75 Å². The number of rotatable bonds is 6. The predicted octanol–water partition coefficient (Wildman–Crippen LogP) is 3.14. The van der Waals surface area contributed by atoms with E-state index in [1.807, 2.05) is 0 Å². The zero-order valence-electron chi connectivity index (χ0n) is 15.4. The number of nitrogens with two attached hydrogens (primary N) is 1. The molecule has 2 aromatic carbocycles. The van der Waals surface area contributed by atoms with E-state index in [1.54, 1.807) is 11.0 Å². The van der Waals surface area contributed by atoms with E-state index in [0.717, 1.165) is 0 Å². The summed E-state index contributed by atoms with van der Waals surface area (Å²) in [4.78, 5) is 25.8. The van der Waals surface area contributed by atoms with Gasteiger partial charge in [0.25, 0.3) is 5.91 Å². The predicted molar refractivity (Wildman–Crippen MR) is 99.7 cm³/mol. The number of carbonyl (C=O) groups is 2. The third-order valence-corrected chi connectivity index (χ3v) is 5.12. The van der Waals surface area contributed by atoms with Gasteiger partial charge in [0, 0.05) is 24.9 Å². The average molecular weight is 388 g/mol. The van der Waals surface area contributed by atoms with E-state index >= 15 is 0 Å². The number of benzene rings is 2. The van der Waals surface area contributed by atoms with Crippen molar-refractivity contribution < 1.29 is 23.1 Å². The van der Waals surface area contributed by atoms with E-state index in [9.17, 15) is 18.4 Å². The molecule has 0 bridgehead atoms. The third kappa shape index (κ3) is 4.65. The molecule has 1 heterocycles. The van der Waals surface area contributed by atoms with Crippen LogP contribution in [0.5, 0.6) is 5.75 Å². The minimum atomic E-state index is -0.555. The fraction of sp³-hybridized carbons (Fsp3) is 0.333. The van der Waals surface area contributed by atoms with Gasteiger partial charge in [0.05, 0.1) is 12.2 Å². The van der Waals surface area contributed by atoms with Crippen molar-refractivity contribution >= 4 is 11.8 Å². The molecule has 2 aromatic rings. The van der Waals surface area contributed by atoms with Gasteiger partial charge < -0.3 is 15.4 Å². The summed E-state index contributed by atoms with van der Waals surface area (Å²) >= 11 is 0. The number of ether oxygens (including phenoxy) is 1. The number of halogens is 2. The molecule has 0 unspecified atom stereocenters. The molecule has 1 aliphatic rings. The lowest BCUT2D eigenvalue weighted by Gasteiger charge is -2.41. The van der Waals surface area contributed by atoms with Crippen molar-refractivity contribution in [3.63, 3.8) is 0 Å². The number of hydrogen-bond donors (Lipinski definition) is 1. The standard InChI is InChI=1S/C21H22F2N2O3/c22-15-5-7-16(8-6-15)28-14-21(13-19(24)26)9-11-25(12-10-21)20(27)17-3-1-2-4-18(17)23/h1-8H,9-14H2,(H2,24,26). The molecule has 1 saturated heterocycles. The lowest BCUT2D eigenvalue weighted by atomic mass is 9.76. The van der Waals surface area contributed by atoms with Crippen LogP contribution in [0.25, 0.3) is 0 Å². The van der Waals surface area contributed by atoms with Gasteiger partial charge in [-0.1, -0.05) is 12.1 Å². The fourth-order valence-corrected chi connectivity index (χ4v) is 3.50. The molecule has 0 atom stereocenters. The van der Waals surface area contributed by atoms with E-state index in [2.05, 4.69) is 0 Å². The second-order valence-electron chi connectivity index (χ2n) is 7.16. The molecule has 0 aromatic heterocycles. The van der Waals surface area contributed by atoms with E-state index in [-0.39, 0.29) is 30.3 Å². The number of likely N-dealkylation sites (tertiary alicyclic amines) is 1. The molecular weight excluding hydrogens is 366 g/mol. The second-order valence-corrected chi connectivity index (χ2v) is 7.16. The van der Waals surface area contributed by atoms with E-state index in [0.29, 0.717) is 31.7 Å². The van der Waals surface area contributed by atoms with Crippen LogP contribution in [0.4, 0.5) is 8.78 Å². The van der Waals surface area contributed by atoms with Crippen LogP contribution >= 0.6 is 0 Å². The van der Waals surface area contributed by atoms with Gasteiger partial charge in [0.2, 0.25) is 5.91 Å². The first-order valence-corrected chi connectivity index (χ1v) is 9.09. The van der Waals surface area contributed by atoms with Gasteiger partial charge in [0.15, 0.2) is 0 Å². The normalized spacial score (nSPS) is 15.9. The largest absolute Gasteiger partial charge is 0.493 e. The number of piperidine rings is 1. The van der Waals surface area contributed by atoms with Gasteiger partial charge in [-0.15, -0.1) is 0 Å². The summed E-state index contributed by atoms with van der Waals surface area (Å²) in [6.07, 6.45) is 1.12. The molecule has 3 rings (SSSR count). The zero-order valence-corrected chi connectivity index (χ0v) is 15.4. The summed E-state index contributed by atoms with van der Waals surface area (Å²) in [7, 11) is 0. The third-order valence-electron chi connectivity index (χ3n) is 5.12. The first-order chi connectivity index (χ1) is 13.4. The first kappa shape index (κ1) is 19.8. The Morgan fingerprint density at radius 1 is 1.04 bits per heavy atom. The van der Waals surface area contributed by atoms with Crippen molar-refractivity contribution in [1.82, 2.24) is 4.90 Å². The van der Waals surface area contributed by atoms with Crippen LogP contribution in [0, 0.1) is 17.0 Å². The monoisotopic (exact) mass is 388 g/mol.